The second-order valence-electron chi connectivity index (χ2n) is 12.1. The quantitative estimate of drug-likeness (QED) is 0.390. The predicted octanol–water partition coefficient (Wildman–Crippen LogP) is 4.72. The van der Waals surface area contributed by atoms with Crippen LogP contribution in [0.1, 0.15) is 71.3 Å². The van der Waals surface area contributed by atoms with Gasteiger partial charge in [-0.15, -0.1) is 0 Å². The molecule has 208 valence electrons. The number of benzene rings is 3. The summed E-state index contributed by atoms with van der Waals surface area (Å²) in [7, 11) is -3.60. The van der Waals surface area contributed by atoms with Gasteiger partial charge in [-0.3, -0.25) is 9.59 Å². The Morgan fingerprint density at radius 1 is 0.975 bits per heavy atom. The Balaban J connectivity index is 1.23. The minimum absolute atomic E-state index is 0.00749. The average molecular weight is 558 g/mol. The molecule has 2 aliphatic heterocycles. The highest BCUT2D eigenvalue weighted by molar-refractivity contribution is 7.91. The normalized spacial score (nSPS) is 23.6. The Bertz CT molecular complexity index is 1560. The lowest BCUT2D eigenvalue weighted by Gasteiger charge is -2.41. The van der Waals surface area contributed by atoms with Crippen molar-refractivity contribution in [1.82, 2.24) is 10.0 Å². The van der Waals surface area contributed by atoms with Crippen molar-refractivity contribution in [1.29, 1.82) is 0 Å². The Labute approximate surface area is 235 Å². The van der Waals surface area contributed by atoms with Crippen molar-refractivity contribution >= 4 is 27.5 Å². The number of carbonyl (C=O) groups excluding carboxylic acids is 2. The number of sulfonamides is 1. The molecule has 3 aromatic rings. The van der Waals surface area contributed by atoms with E-state index in [2.05, 4.69) is 59.5 Å². The maximum absolute atomic E-state index is 13.0. The summed E-state index contributed by atoms with van der Waals surface area (Å²) in [5.74, 6) is -0.519. The highest BCUT2D eigenvalue weighted by atomic mass is 32.2. The fourth-order valence-corrected chi connectivity index (χ4v) is 7.59. The second-order valence-corrected chi connectivity index (χ2v) is 14.1. The standard InChI is InChI=1S/C32H35N3O4S/c1-32(2)18-24-17-23(30(36)35-40(38,39)26-12-13-26)11-14-27(24)34-29(32)22-10-6-9-21(16-22)28-25(19-33-31(28)37)15-20-7-4-3-5-8-20/h3-11,14,16-17,25-26,28-29,34H,12-13,15,18-19H2,1-2H3,(H,33,37)(H,35,36)/t25?,28-,29?/m0/s1. The lowest BCUT2D eigenvalue weighted by molar-refractivity contribution is -0.120. The molecule has 1 saturated heterocycles. The van der Waals surface area contributed by atoms with E-state index >= 15 is 0 Å². The van der Waals surface area contributed by atoms with Crippen molar-refractivity contribution in [3.05, 3.63) is 101 Å². The van der Waals surface area contributed by atoms with Crippen molar-refractivity contribution in [2.75, 3.05) is 11.9 Å². The largest absolute Gasteiger partial charge is 0.377 e. The first-order valence-corrected chi connectivity index (χ1v) is 15.5. The monoisotopic (exact) mass is 557 g/mol. The van der Waals surface area contributed by atoms with E-state index in [0.717, 1.165) is 28.8 Å². The summed E-state index contributed by atoms with van der Waals surface area (Å²) in [6.07, 6.45) is 2.76. The SMILES string of the molecule is CC1(C)Cc2cc(C(=O)NS(=O)(=O)C3CC3)ccc2NC1c1cccc([C@@H]2C(=O)NCC2Cc2ccccc2)c1. The van der Waals surface area contributed by atoms with Crippen LogP contribution in [-0.4, -0.2) is 32.0 Å². The summed E-state index contributed by atoms with van der Waals surface area (Å²) in [5, 5.41) is 6.31. The zero-order chi connectivity index (χ0) is 28.1. The van der Waals surface area contributed by atoms with E-state index in [-0.39, 0.29) is 29.2 Å². The van der Waals surface area contributed by atoms with Gasteiger partial charge in [0.25, 0.3) is 5.91 Å². The van der Waals surface area contributed by atoms with Gasteiger partial charge in [-0.05, 0) is 77.5 Å². The second kappa shape index (κ2) is 10.1. The van der Waals surface area contributed by atoms with E-state index in [1.165, 1.54) is 5.56 Å². The Kier molecular flexibility index (Phi) is 6.69. The van der Waals surface area contributed by atoms with Gasteiger partial charge in [0.1, 0.15) is 0 Å². The highest BCUT2D eigenvalue weighted by Crippen LogP contribution is 2.46. The van der Waals surface area contributed by atoms with Crippen LogP contribution in [0.5, 0.6) is 0 Å². The molecular weight excluding hydrogens is 522 g/mol. The molecule has 3 atom stereocenters. The lowest BCUT2D eigenvalue weighted by atomic mass is 9.72. The van der Waals surface area contributed by atoms with Gasteiger partial charge in [-0.1, -0.05) is 68.4 Å². The number of hydrogen-bond acceptors (Lipinski definition) is 5. The minimum Gasteiger partial charge on any atom is -0.377 e. The Hall–Kier alpha value is -3.65. The summed E-state index contributed by atoms with van der Waals surface area (Å²) in [6, 6.07) is 24.0. The molecule has 6 rings (SSSR count). The van der Waals surface area contributed by atoms with Gasteiger partial charge < -0.3 is 10.6 Å². The molecule has 2 unspecified atom stereocenters. The first-order chi connectivity index (χ1) is 19.1. The zero-order valence-corrected chi connectivity index (χ0v) is 23.6. The third kappa shape index (κ3) is 5.24. The number of fused-ring (bicyclic) bond motifs is 1. The molecule has 40 heavy (non-hydrogen) atoms. The smallest absolute Gasteiger partial charge is 0.264 e. The van der Waals surface area contributed by atoms with Gasteiger partial charge in [-0.2, -0.15) is 0 Å². The predicted molar refractivity (Wildman–Crippen MR) is 156 cm³/mol. The van der Waals surface area contributed by atoms with Crippen LogP contribution in [0.25, 0.3) is 0 Å². The van der Waals surface area contributed by atoms with Crippen LogP contribution in [-0.2, 0) is 27.7 Å². The van der Waals surface area contributed by atoms with Crippen LogP contribution in [0.4, 0.5) is 5.69 Å². The molecule has 0 spiro atoms. The van der Waals surface area contributed by atoms with Crippen LogP contribution in [0.3, 0.4) is 0 Å². The summed E-state index contributed by atoms with van der Waals surface area (Å²) in [5.41, 5.74) is 5.42. The molecule has 3 aliphatic rings. The topological polar surface area (TPSA) is 104 Å². The zero-order valence-electron chi connectivity index (χ0n) is 22.8. The summed E-state index contributed by atoms with van der Waals surface area (Å²) in [4.78, 5) is 25.7. The van der Waals surface area contributed by atoms with Crippen molar-refractivity contribution in [3.63, 3.8) is 0 Å². The first-order valence-electron chi connectivity index (χ1n) is 14.0. The number of hydrogen-bond donors (Lipinski definition) is 3. The van der Waals surface area contributed by atoms with E-state index in [4.69, 9.17) is 0 Å². The molecule has 1 saturated carbocycles. The number of amides is 2. The molecule has 3 aromatic carbocycles. The number of rotatable bonds is 7. The van der Waals surface area contributed by atoms with E-state index < -0.39 is 21.2 Å². The van der Waals surface area contributed by atoms with Crippen LogP contribution >= 0.6 is 0 Å². The maximum Gasteiger partial charge on any atom is 0.264 e. The van der Waals surface area contributed by atoms with Gasteiger partial charge in [-0.25, -0.2) is 13.1 Å². The number of carbonyl (C=O) groups is 2. The fraction of sp³-hybridized carbons (Fsp3) is 0.375. The van der Waals surface area contributed by atoms with Crippen molar-refractivity contribution in [2.45, 2.75) is 56.7 Å². The Morgan fingerprint density at radius 2 is 1.73 bits per heavy atom. The number of anilines is 1. The molecule has 3 N–H and O–H groups in total. The van der Waals surface area contributed by atoms with E-state index in [9.17, 15) is 18.0 Å². The molecule has 7 nitrogen and oxygen atoms in total. The molecule has 2 fully saturated rings. The summed E-state index contributed by atoms with van der Waals surface area (Å²) in [6.45, 7) is 5.04. The van der Waals surface area contributed by atoms with Crippen LogP contribution in [0, 0.1) is 11.3 Å². The van der Waals surface area contributed by atoms with Gasteiger partial charge >= 0.3 is 0 Å². The maximum atomic E-state index is 13.0. The van der Waals surface area contributed by atoms with E-state index in [1.807, 2.05) is 30.3 Å². The minimum atomic E-state index is -3.60. The van der Waals surface area contributed by atoms with Crippen molar-refractivity contribution in [2.24, 2.45) is 11.3 Å². The molecule has 2 heterocycles. The summed E-state index contributed by atoms with van der Waals surface area (Å²) >= 11 is 0. The van der Waals surface area contributed by atoms with Crippen molar-refractivity contribution in [3.8, 4) is 0 Å². The first kappa shape index (κ1) is 26.6. The molecule has 2 amide bonds. The van der Waals surface area contributed by atoms with Crippen molar-refractivity contribution < 1.29 is 18.0 Å². The van der Waals surface area contributed by atoms with Gasteiger partial charge in [0.15, 0.2) is 0 Å². The molecule has 0 radical (unpaired) electrons. The van der Waals surface area contributed by atoms with Crippen LogP contribution in [0.2, 0.25) is 0 Å². The lowest BCUT2D eigenvalue weighted by Crippen LogP contribution is -2.36. The molecule has 0 aromatic heterocycles. The average Bonchev–Trinajstić information content (AvgIpc) is 3.72. The third-order valence-corrected chi connectivity index (χ3v) is 10.3. The number of nitrogens with one attached hydrogen (secondary N) is 3. The third-order valence-electron chi connectivity index (χ3n) is 8.53. The van der Waals surface area contributed by atoms with Crippen LogP contribution < -0.4 is 15.4 Å². The molecule has 1 aliphatic carbocycles. The molecule has 0 bridgehead atoms. The van der Waals surface area contributed by atoms with Gasteiger partial charge in [0.05, 0.1) is 17.2 Å². The van der Waals surface area contributed by atoms with E-state index in [1.54, 1.807) is 12.1 Å². The highest BCUT2D eigenvalue weighted by Gasteiger charge is 2.40. The fourth-order valence-electron chi connectivity index (χ4n) is 6.29. The Morgan fingerprint density at radius 3 is 2.48 bits per heavy atom. The van der Waals surface area contributed by atoms with Crippen LogP contribution in [0.15, 0.2) is 72.8 Å². The molecular formula is C32H35N3O4S. The molecule has 8 heteroatoms. The van der Waals surface area contributed by atoms with Gasteiger partial charge in [0.2, 0.25) is 15.9 Å². The van der Waals surface area contributed by atoms with Gasteiger partial charge in [0, 0.05) is 17.8 Å². The van der Waals surface area contributed by atoms with E-state index in [0.29, 0.717) is 31.4 Å². The summed E-state index contributed by atoms with van der Waals surface area (Å²) < 4.78 is 26.7.